The van der Waals surface area contributed by atoms with Crippen LogP contribution in [-0.4, -0.2) is 0 Å². The maximum absolute atomic E-state index is 6.97. The summed E-state index contributed by atoms with van der Waals surface area (Å²) >= 11 is 0. The quantitative estimate of drug-likeness (QED) is 0.167. The number of benzene rings is 10. The van der Waals surface area contributed by atoms with Gasteiger partial charge >= 0.3 is 0 Å². The van der Waals surface area contributed by atoms with E-state index in [0.717, 1.165) is 50.8 Å². The predicted molar refractivity (Wildman–Crippen MR) is 252 cm³/mol. The number of hydrogen-bond donors (Lipinski definition) is 0. The summed E-state index contributed by atoms with van der Waals surface area (Å²) in [6.07, 6.45) is 0. The third-order valence-electron chi connectivity index (χ3n) is 12.7. The zero-order valence-corrected chi connectivity index (χ0v) is 33.4. The molecule has 1 aliphatic carbocycles. The molecule has 0 N–H and O–H groups in total. The fourth-order valence-corrected chi connectivity index (χ4v) is 9.89. The van der Waals surface area contributed by atoms with Crippen LogP contribution >= 0.6 is 0 Å². The summed E-state index contributed by atoms with van der Waals surface area (Å²) in [6, 6.07) is 86.0. The number of rotatable bonds is 6. The number of hydrogen-bond acceptors (Lipinski definition) is 2. The largest absolute Gasteiger partial charge is 0.457 e. The minimum Gasteiger partial charge on any atom is -0.457 e. The third kappa shape index (κ3) is 5.64. The summed E-state index contributed by atoms with van der Waals surface area (Å²) in [7, 11) is 0. The highest BCUT2D eigenvalue weighted by Crippen LogP contribution is 2.63. The monoisotopic (exact) mass is 777 g/mol. The van der Waals surface area contributed by atoms with Gasteiger partial charge in [0.1, 0.15) is 11.5 Å². The lowest BCUT2D eigenvalue weighted by molar-refractivity contribution is 0.436. The van der Waals surface area contributed by atoms with Crippen LogP contribution in [0.4, 0.5) is 17.1 Å². The Morgan fingerprint density at radius 1 is 0.279 bits per heavy atom. The van der Waals surface area contributed by atoms with Gasteiger partial charge in [-0.05, 0) is 127 Å². The molecule has 12 rings (SSSR count). The smallest absolute Gasteiger partial charge is 0.132 e. The van der Waals surface area contributed by atoms with E-state index in [0.29, 0.717) is 0 Å². The van der Waals surface area contributed by atoms with Crippen molar-refractivity contribution in [3.8, 4) is 56.0 Å². The van der Waals surface area contributed by atoms with Gasteiger partial charge in [-0.2, -0.15) is 0 Å². The molecule has 0 saturated heterocycles. The van der Waals surface area contributed by atoms with E-state index in [4.69, 9.17) is 4.74 Å². The third-order valence-corrected chi connectivity index (χ3v) is 12.7. The molecule has 10 aromatic carbocycles. The van der Waals surface area contributed by atoms with Crippen LogP contribution in [0.25, 0.3) is 55.3 Å². The molecule has 0 fully saturated rings. The average molecular weight is 778 g/mol. The van der Waals surface area contributed by atoms with Gasteiger partial charge in [0, 0.05) is 28.2 Å². The topological polar surface area (TPSA) is 12.5 Å². The molecule has 2 nitrogen and oxygen atoms in total. The Kier molecular flexibility index (Phi) is 8.11. The van der Waals surface area contributed by atoms with Crippen molar-refractivity contribution in [2.24, 2.45) is 0 Å². The highest BCUT2D eigenvalue weighted by atomic mass is 16.5. The van der Waals surface area contributed by atoms with E-state index < -0.39 is 5.41 Å². The molecule has 0 unspecified atom stereocenters. The van der Waals surface area contributed by atoms with Gasteiger partial charge in [-0.3, -0.25) is 0 Å². The fourth-order valence-electron chi connectivity index (χ4n) is 9.89. The van der Waals surface area contributed by atoms with Gasteiger partial charge in [-0.15, -0.1) is 0 Å². The molecule has 1 heterocycles. The van der Waals surface area contributed by atoms with E-state index >= 15 is 0 Å². The van der Waals surface area contributed by atoms with E-state index in [-0.39, 0.29) is 0 Å². The summed E-state index contributed by atoms with van der Waals surface area (Å²) in [5.41, 5.74) is 16.9. The van der Waals surface area contributed by atoms with E-state index in [1.165, 1.54) is 55.3 Å². The zero-order chi connectivity index (χ0) is 40.3. The van der Waals surface area contributed by atoms with Gasteiger partial charge in [0.25, 0.3) is 0 Å². The highest BCUT2D eigenvalue weighted by molar-refractivity contribution is 5.94. The molecule has 0 amide bonds. The first-order valence-electron chi connectivity index (χ1n) is 21.0. The van der Waals surface area contributed by atoms with Crippen molar-refractivity contribution in [1.29, 1.82) is 0 Å². The maximum atomic E-state index is 6.97. The second kappa shape index (κ2) is 14.1. The number of nitrogens with zero attached hydrogens (tertiary/aromatic N) is 1. The Labute approximate surface area is 356 Å². The molecule has 2 aliphatic rings. The zero-order valence-electron chi connectivity index (χ0n) is 33.4. The molecule has 0 radical (unpaired) electrons. The number of ether oxygens (including phenoxy) is 1. The second-order valence-electron chi connectivity index (χ2n) is 16.1. The molecule has 286 valence electrons. The lowest BCUT2D eigenvalue weighted by atomic mass is 9.65. The van der Waals surface area contributed by atoms with E-state index in [2.05, 4.69) is 241 Å². The Balaban J connectivity index is 1.13. The lowest BCUT2D eigenvalue weighted by Gasteiger charge is -2.40. The lowest BCUT2D eigenvalue weighted by Crippen LogP contribution is -2.32. The molecule has 0 bridgehead atoms. The van der Waals surface area contributed by atoms with Gasteiger partial charge in [-0.1, -0.05) is 176 Å². The van der Waals surface area contributed by atoms with E-state index in [1.807, 2.05) is 0 Å². The van der Waals surface area contributed by atoms with Crippen LogP contribution in [0.1, 0.15) is 22.3 Å². The van der Waals surface area contributed by atoms with E-state index in [9.17, 15) is 0 Å². The van der Waals surface area contributed by atoms with Crippen LogP contribution in [-0.2, 0) is 5.41 Å². The standard InChI is InChI=1S/C59H39NO/c1-4-14-40(15-5-1)44-24-29-48(30-25-44)60(49-31-26-43-20-10-11-21-45(43)36-49)50-32-33-52-51-22-12-13-23-53(51)59(54(52)39-50)55-37-46(41-16-6-2-7-17-41)27-34-57(55)61-58-35-28-47(38-56(58)59)42-18-8-3-9-19-42/h1-39H. The molecule has 0 aromatic heterocycles. The Hall–Kier alpha value is -7.94. The molecular weight excluding hydrogens is 739 g/mol. The summed E-state index contributed by atoms with van der Waals surface area (Å²) in [4.78, 5) is 2.42. The van der Waals surface area contributed by atoms with Crippen molar-refractivity contribution in [3.05, 3.63) is 259 Å². The first-order chi connectivity index (χ1) is 30.2. The fraction of sp³-hybridized carbons (Fsp3) is 0.0169. The molecule has 1 aliphatic heterocycles. The molecule has 61 heavy (non-hydrogen) atoms. The highest BCUT2D eigenvalue weighted by Gasteiger charge is 2.51. The number of fused-ring (bicyclic) bond motifs is 10. The van der Waals surface area contributed by atoms with Crippen molar-refractivity contribution in [1.82, 2.24) is 0 Å². The first kappa shape index (κ1) is 35.0. The van der Waals surface area contributed by atoms with Crippen LogP contribution in [0.15, 0.2) is 237 Å². The Bertz CT molecular complexity index is 3170. The van der Waals surface area contributed by atoms with Crippen molar-refractivity contribution < 1.29 is 4.74 Å². The molecule has 1 spiro atoms. The normalized spacial score (nSPS) is 12.9. The minimum absolute atomic E-state index is 0.688. The SMILES string of the molecule is c1ccc(-c2ccc(N(c3ccc4c(c3)C3(c5cc(-c6ccccc6)ccc5Oc5ccc(-c6ccccc6)cc53)c3ccccc3-4)c3ccc4ccccc4c3)cc2)cc1. The van der Waals surface area contributed by atoms with Crippen molar-refractivity contribution in [3.63, 3.8) is 0 Å². The van der Waals surface area contributed by atoms with Crippen molar-refractivity contribution in [2.45, 2.75) is 5.41 Å². The van der Waals surface area contributed by atoms with Gasteiger partial charge in [0.2, 0.25) is 0 Å². The van der Waals surface area contributed by atoms with Gasteiger partial charge < -0.3 is 9.64 Å². The van der Waals surface area contributed by atoms with E-state index in [1.54, 1.807) is 0 Å². The minimum atomic E-state index is -0.688. The van der Waals surface area contributed by atoms with Gasteiger partial charge in [0.15, 0.2) is 0 Å². The van der Waals surface area contributed by atoms with Crippen LogP contribution < -0.4 is 9.64 Å². The van der Waals surface area contributed by atoms with Crippen LogP contribution in [0.5, 0.6) is 11.5 Å². The molecule has 2 heteroatoms. The molecule has 0 atom stereocenters. The Morgan fingerprint density at radius 2 is 0.738 bits per heavy atom. The van der Waals surface area contributed by atoms with Crippen LogP contribution in [0, 0.1) is 0 Å². The maximum Gasteiger partial charge on any atom is 0.132 e. The van der Waals surface area contributed by atoms with Gasteiger partial charge in [-0.25, -0.2) is 0 Å². The molecule has 10 aromatic rings. The first-order valence-corrected chi connectivity index (χ1v) is 21.0. The predicted octanol–water partition coefficient (Wildman–Crippen LogP) is 15.8. The van der Waals surface area contributed by atoms with Crippen molar-refractivity contribution in [2.75, 3.05) is 4.90 Å². The summed E-state index contributed by atoms with van der Waals surface area (Å²) in [5.74, 6) is 1.74. The summed E-state index contributed by atoms with van der Waals surface area (Å²) in [6.45, 7) is 0. The number of anilines is 3. The molecule has 0 saturated carbocycles. The summed E-state index contributed by atoms with van der Waals surface area (Å²) < 4.78 is 6.97. The van der Waals surface area contributed by atoms with Crippen LogP contribution in [0.2, 0.25) is 0 Å². The van der Waals surface area contributed by atoms with Crippen LogP contribution in [0.3, 0.4) is 0 Å². The Morgan fingerprint density at radius 3 is 1.38 bits per heavy atom. The summed E-state index contributed by atoms with van der Waals surface area (Å²) in [5, 5.41) is 2.41. The molecular formula is C59H39NO. The average Bonchev–Trinajstić information content (AvgIpc) is 3.62. The van der Waals surface area contributed by atoms with Gasteiger partial charge in [0.05, 0.1) is 5.41 Å². The van der Waals surface area contributed by atoms with Crippen molar-refractivity contribution >= 4 is 27.8 Å². The second-order valence-corrected chi connectivity index (χ2v) is 16.1.